The minimum absolute atomic E-state index is 0.551. The van der Waals surface area contributed by atoms with Crippen LogP contribution in [-0.2, 0) is 6.54 Å². The molecule has 4 nitrogen and oxygen atoms in total. The smallest absolute Gasteiger partial charge is 0.191 e. The van der Waals surface area contributed by atoms with Gasteiger partial charge in [0.25, 0.3) is 0 Å². The predicted molar refractivity (Wildman–Crippen MR) is 88.6 cm³/mol. The van der Waals surface area contributed by atoms with Crippen LogP contribution in [0.1, 0.15) is 27.2 Å². The summed E-state index contributed by atoms with van der Waals surface area (Å²) >= 11 is 1.80. The Bertz CT molecular complexity index is 744. The Kier molecular flexibility index (Phi) is 4.01. The lowest BCUT2D eigenvalue weighted by Gasteiger charge is -2.09. The van der Waals surface area contributed by atoms with E-state index >= 15 is 0 Å². The molecule has 2 aromatic heterocycles. The Morgan fingerprint density at radius 2 is 2.05 bits per heavy atom. The molecule has 0 aliphatic rings. The maximum absolute atomic E-state index is 4.44. The number of aromatic amines is 1. The topological polar surface area (TPSA) is 46.5 Å². The van der Waals surface area contributed by atoms with Crippen LogP contribution < -0.4 is 0 Å². The van der Waals surface area contributed by atoms with Crippen molar-refractivity contribution in [3.05, 3.63) is 30.5 Å². The summed E-state index contributed by atoms with van der Waals surface area (Å²) in [5.41, 5.74) is 2.25. The van der Waals surface area contributed by atoms with Gasteiger partial charge in [-0.1, -0.05) is 43.8 Å². The van der Waals surface area contributed by atoms with Gasteiger partial charge in [0, 0.05) is 34.5 Å². The minimum Gasteiger partial charge on any atom is -0.360 e. The zero-order valence-corrected chi connectivity index (χ0v) is 13.4. The number of fused-ring (bicyclic) bond motifs is 1. The van der Waals surface area contributed by atoms with E-state index < -0.39 is 0 Å². The summed E-state index contributed by atoms with van der Waals surface area (Å²) in [5.74, 6) is 0.945. The molecule has 3 aromatic rings. The van der Waals surface area contributed by atoms with Crippen molar-refractivity contribution in [3.63, 3.8) is 0 Å². The second-order valence-electron chi connectivity index (χ2n) is 5.14. The van der Waals surface area contributed by atoms with E-state index in [-0.39, 0.29) is 0 Å². The van der Waals surface area contributed by atoms with Gasteiger partial charge in [0.1, 0.15) is 0 Å². The second-order valence-corrected chi connectivity index (χ2v) is 6.54. The van der Waals surface area contributed by atoms with Crippen molar-refractivity contribution >= 4 is 22.7 Å². The third-order valence-corrected chi connectivity index (χ3v) is 4.99. The molecule has 0 aliphatic carbocycles. The van der Waals surface area contributed by atoms with Gasteiger partial charge in [-0.3, -0.25) is 0 Å². The second kappa shape index (κ2) is 5.93. The lowest BCUT2D eigenvalue weighted by molar-refractivity contribution is 0.684. The van der Waals surface area contributed by atoms with Crippen LogP contribution in [0.3, 0.4) is 0 Å². The van der Waals surface area contributed by atoms with Gasteiger partial charge in [-0.05, 0) is 19.4 Å². The van der Waals surface area contributed by atoms with Crippen LogP contribution in [0.4, 0.5) is 0 Å². The van der Waals surface area contributed by atoms with Crippen LogP contribution in [0, 0.1) is 0 Å². The van der Waals surface area contributed by atoms with Crippen LogP contribution in [0.5, 0.6) is 0 Å². The Hall–Kier alpha value is -1.75. The first-order valence-corrected chi connectivity index (χ1v) is 8.28. The fourth-order valence-corrected chi connectivity index (χ4v) is 3.34. The summed E-state index contributed by atoms with van der Waals surface area (Å²) in [7, 11) is 0. The summed E-state index contributed by atoms with van der Waals surface area (Å²) in [5, 5.41) is 11.6. The molecule has 2 heterocycles. The number of hydrogen-bond acceptors (Lipinski definition) is 3. The zero-order valence-electron chi connectivity index (χ0n) is 12.6. The van der Waals surface area contributed by atoms with Crippen molar-refractivity contribution in [1.82, 2.24) is 19.7 Å². The maximum atomic E-state index is 4.44. The van der Waals surface area contributed by atoms with E-state index in [1.54, 1.807) is 11.8 Å². The van der Waals surface area contributed by atoms with Gasteiger partial charge in [0.2, 0.25) is 0 Å². The third kappa shape index (κ3) is 2.58. The van der Waals surface area contributed by atoms with E-state index in [0.29, 0.717) is 5.25 Å². The molecule has 0 bridgehead atoms. The van der Waals surface area contributed by atoms with E-state index in [1.807, 2.05) is 12.3 Å². The van der Waals surface area contributed by atoms with Gasteiger partial charge >= 0.3 is 0 Å². The van der Waals surface area contributed by atoms with E-state index in [4.69, 9.17) is 0 Å². The Balaban J connectivity index is 2.06. The molecule has 1 N–H and O–H groups in total. The van der Waals surface area contributed by atoms with Crippen LogP contribution in [0.2, 0.25) is 0 Å². The molecule has 0 saturated carbocycles. The summed E-state index contributed by atoms with van der Waals surface area (Å²) < 4.78 is 2.20. The van der Waals surface area contributed by atoms with Gasteiger partial charge < -0.3 is 9.55 Å². The standard InChI is InChI=1S/C16H20N4S/c1-4-11(3)21-16-19-18-15(20(16)5-2)13-10-17-14-9-7-6-8-12(13)14/h6-11,17H,4-5H2,1-3H3/t11-/m0/s1. The molecule has 0 unspecified atom stereocenters. The molecule has 21 heavy (non-hydrogen) atoms. The quantitative estimate of drug-likeness (QED) is 0.713. The molecular formula is C16H20N4S. The highest BCUT2D eigenvalue weighted by atomic mass is 32.2. The highest BCUT2D eigenvalue weighted by molar-refractivity contribution is 7.99. The molecule has 1 aromatic carbocycles. The Morgan fingerprint density at radius 3 is 2.81 bits per heavy atom. The molecular weight excluding hydrogens is 280 g/mol. The van der Waals surface area contributed by atoms with Gasteiger partial charge in [-0.25, -0.2) is 0 Å². The van der Waals surface area contributed by atoms with Crippen molar-refractivity contribution in [1.29, 1.82) is 0 Å². The molecule has 1 atom stereocenters. The van der Waals surface area contributed by atoms with Gasteiger partial charge in [0.05, 0.1) is 0 Å². The van der Waals surface area contributed by atoms with E-state index in [2.05, 4.69) is 58.7 Å². The van der Waals surface area contributed by atoms with Crippen molar-refractivity contribution < 1.29 is 0 Å². The molecule has 0 amide bonds. The van der Waals surface area contributed by atoms with Gasteiger partial charge in [0.15, 0.2) is 11.0 Å². The number of H-pyrrole nitrogens is 1. The summed E-state index contributed by atoms with van der Waals surface area (Å²) in [6, 6.07) is 8.30. The molecule has 0 aliphatic heterocycles. The maximum Gasteiger partial charge on any atom is 0.191 e. The Labute approximate surface area is 129 Å². The fourth-order valence-electron chi connectivity index (χ4n) is 2.38. The van der Waals surface area contributed by atoms with Gasteiger partial charge in [-0.2, -0.15) is 0 Å². The van der Waals surface area contributed by atoms with Gasteiger partial charge in [-0.15, -0.1) is 10.2 Å². The summed E-state index contributed by atoms with van der Waals surface area (Å²) in [4.78, 5) is 3.31. The average molecular weight is 300 g/mol. The monoisotopic (exact) mass is 300 g/mol. The first-order valence-electron chi connectivity index (χ1n) is 7.40. The first-order chi connectivity index (χ1) is 10.2. The minimum atomic E-state index is 0.551. The van der Waals surface area contributed by atoms with E-state index in [9.17, 15) is 0 Å². The highest BCUT2D eigenvalue weighted by Gasteiger charge is 2.17. The molecule has 0 saturated heterocycles. The normalized spacial score (nSPS) is 12.9. The number of hydrogen-bond donors (Lipinski definition) is 1. The largest absolute Gasteiger partial charge is 0.360 e. The molecule has 3 rings (SSSR count). The van der Waals surface area contributed by atoms with E-state index in [0.717, 1.165) is 35.0 Å². The van der Waals surface area contributed by atoms with Crippen molar-refractivity contribution in [2.45, 2.75) is 44.1 Å². The lowest BCUT2D eigenvalue weighted by atomic mass is 10.1. The number of benzene rings is 1. The highest BCUT2D eigenvalue weighted by Crippen LogP contribution is 2.31. The summed E-state index contributed by atoms with van der Waals surface area (Å²) in [6.45, 7) is 7.44. The van der Waals surface area contributed by atoms with Crippen molar-refractivity contribution in [2.24, 2.45) is 0 Å². The molecule has 5 heteroatoms. The number of thioether (sulfide) groups is 1. The van der Waals surface area contributed by atoms with Crippen molar-refractivity contribution in [2.75, 3.05) is 0 Å². The van der Waals surface area contributed by atoms with Crippen LogP contribution >= 0.6 is 11.8 Å². The molecule has 0 radical (unpaired) electrons. The first kappa shape index (κ1) is 14.2. The lowest BCUT2D eigenvalue weighted by Crippen LogP contribution is -2.02. The van der Waals surface area contributed by atoms with Crippen LogP contribution in [0.25, 0.3) is 22.3 Å². The molecule has 110 valence electrons. The predicted octanol–water partition coefficient (Wildman–Crippen LogP) is 4.34. The van der Waals surface area contributed by atoms with Crippen LogP contribution in [-0.4, -0.2) is 25.0 Å². The third-order valence-electron chi connectivity index (χ3n) is 3.74. The summed E-state index contributed by atoms with van der Waals surface area (Å²) in [6.07, 6.45) is 3.15. The fraction of sp³-hybridized carbons (Fsp3) is 0.375. The van der Waals surface area contributed by atoms with E-state index in [1.165, 1.54) is 5.39 Å². The molecule has 0 fully saturated rings. The number of nitrogens with one attached hydrogen (secondary N) is 1. The van der Waals surface area contributed by atoms with Crippen LogP contribution in [0.15, 0.2) is 35.6 Å². The average Bonchev–Trinajstić information content (AvgIpc) is 3.10. The number of nitrogens with zero attached hydrogens (tertiary/aromatic N) is 3. The number of aromatic nitrogens is 4. The van der Waals surface area contributed by atoms with Crippen molar-refractivity contribution in [3.8, 4) is 11.4 Å². The number of para-hydroxylation sites is 1. The molecule has 0 spiro atoms. The zero-order chi connectivity index (χ0) is 14.8. The number of rotatable bonds is 5. The Morgan fingerprint density at radius 1 is 1.24 bits per heavy atom. The SMILES string of the molecule is CC[C@H](C)Sc1nnc(-c2c[nH]c3ccccc23)n1CC.